The summed E-state index contributed by atoms with van der Waals surface area (Å²) in [6, 6.07) is 0. The lowest BCUT2D eigenvalue weighted by molar-refractivity contribution is 0.314. The van der Waals surface area contributed by atoms with Gasteiger partial charge in [-0.3, -0.25) is 0 Å². The standard InChI is InChI=1S/C11H20N2OS2/c1-3-13(4-2)11(15)16-10-8-6-5-7-9(10)12-14/h10,14H,3-8H2,1-2H3/b12-9+. The van der Waals surface area contributed by atoms with E-state index < -0.39 is 0 Å². The number of thiocarbonyl (C=S) groups is 1. The first-order valence-electron chi connectivity index (χ1n) is 5.89. The largest absolute Gasteiger partial charge is 0.411 e. The SMILES string of the molecule is CCN(CC)C(=S)SC1CCCC/C1=N\O. The average molecular weight is 260 g/mol. The van der Waals surface area contributed by atoms with E-state index >= 15 is 0 Å². The lowest BCUT2D eigenvalue weighted by atomic mass is 9.98. The van der Waals surface area contributed by atoms with Crippen LogP contribution in [-0.4, -0.2) is 38.5 Å². The Morgan fingerprint density at radius 3 is 2.75 bits per heavy atom. The van der Waals surface area contributed by atoms with Crippen molar-refractivity contribution in [3.63, 3.8) is 0 Å². The second-order valence-corrected chi connectivity index (χ2v) is 5.72. The van der Waals surface area contributed by atoms with E-state index in [9.17, 15) is 0 Å². The van der Waals surface area contributed by atoms with Crippen molar-refractivity contribution < 1.29 is 5.21 Å². The summed E-state index contributed by atoms with van der Waals surface area (Å²) in [6.07, 6.45) is 4.33. The van der Waals surface area contributed by atoms with Crippen LogP contribution < -0.4 is 0 Å². The fourth-order valence-corrected chi connectivity index (χ4v) is 3.73. The quantitative estimate of drug-likeness (QED) is 0.480. The van der Waals surface area contributed by atoms with Crippen molar-refractivity contribution in [2.24, 2.45) is 5.16 Å². The normalized spacial score (nSPS) is 23.4. The van der Waals surface area contributed by atoms with Gasteiger partial charge in [0, 0.05) is 13.1 Å². The Labute approximate surface area is 107 Å². The summed E-state index contributed by atoms with van der Waals surface area (Å²) in [7, 11) is 0. The van der Waals surface area contributed by atoms with Gasteiger partial charge < -0.3 is 10.1 Å². The van der Waals surface area contributed by atoms with Crippen LogP contribution in [0.15, 0.2) is 5.16 Å². The van der Waals surface area contributed by atoms with Crippen LogP contribution >= 0.6 is 24.0 Å². The lowest BCUT2D eigenvalue weighted by Gasteiger charge is -2.27. The van der Waals surface area contributed by atoms with Crippen LogP contribution in [0.4, 0.5) is 0 Å². The van der Waals surface area contributed by atoms with Gasteiger partial charge in [0.15, 0.2) is 0 Å². The summed E-state index contributed by atoms with van der Waals surface area (Å²) in [5.74, 6) is 0. The molecule has 92 valence electrons. The Bertz CT molecular complexity index is 265. The molecule has 1 saturated carbocycles. The van der Waals surface area contributed by atoms with Gasteiger partial charge in [0.05, 0.1) is 11.0 Å². The van der Waals surface area contributed by atoms with Crippen molar-refractivity contribution in [2.45, 2.75) is 44.8 Å². The summed E-state index contributed by atoms with van der Waals surface area (Å²) in [6.45, 7) is 6.11. The first kappa shape index (κ1) is 13.8. The highest BCUT2D eigenvalue weighted by Crippen LogP contribution is 2.28. The van der Waals surface area contributed by atoms with Crippen molar-refractivity contribution >= 4 is 34.0 Å². The fraction of sp³-hybridized carbons (Fsp3) is 0.818. The molecule has 0 amide bonds. The molecule has 0 bridgehead atoms. The van der Waals surface area contributed by atoms with Gasteiger partial charge in [0.25, 0.3) is 0 Å². The zero-order valence-electron chi connectivity index (χ0n) is 9.98. The number of thioether (sulfide) groups is 1. The highest BCUT2D eigenvalue weighted by atomic mass is 32.2. The molecular formula is C11H20N2OS2. The first-order valence-corrected chi connectivity index (χ1v) is 7.18. The van der Waals surface area contributed by atoms with Gasteiger partial charge in [-0.2, -0.15) is 0 Å². The van der Waals surface area contributed by atoms with E-state index in [0.29, 0.717) is 0 Å². The number of hydrogen-bond acceptors (Lipinski definition) is 4. The Kier molecular flexibility index (Phi) is 6.13. The maximum atomic E-state index is 8.95. The molecule has 0 aromatic rings. The third kappa shape index (κ3) is 3.63. The molecule has 0 heterocycles. The molecule has 0 saturated heterocycles. The van der Waals surface area contributed by atoms with Crippen molar-refractivity contribution in [3.05, 3.63) is 0 Å². The van der Waals surface area contributed by atoms with E-state index in [1.165, 1.54) is 6.42 Å². The summed E-state index contributed by atoms with van der Waals surface area (Å²) in [5, 5.41) is 12.6. The Hall–Kier alpha value is -0.290. The van der Waals surface area contributed by atoms with Gasteiger partial charge in [-0.15, -0.1) is 0 Å². The molecule has 0 aromatic carbocycles. The molecule has 5 heteroatoms. The van der Waals surface area contributed by atoms with Crippen LogP contribution in [0.1, 0.15) is 39.5 Å². The fourth-order valence-electron chi connectivity index (χ4n) is 1.88. The van der Waals surface area contributed by atoms with E-state index in [-0.39, 0.29) is 5.25 Å². The lowest BCUT2D eigenvalue weighted by Crippen LogP contribution is -2.31. The zero-order chi connectivity index (χ0) is 12.0. The number of nitrogens with zero attached hydrogens (tertiary/aromatic N) is 2. The third-order valence-electron chi connectivity index (χ3n) is 2.91. The van der Waals surface area contributed by atoms with Gasteiger partial charge >= 0.3 is 0 Å². The smallest absolute Gasteiger partial charge is 0.136 e. The molecule has 16 heavy (non-hydrogen) atoms. The summed E-state index contributed by atoms with van der Waals surface area (Å²) < 4.78 is 0.929. The van der Waals surface area contributed by atoms with E-state index in [1.54, 1.807) is 11.8 Å². The monoisotopic (exact) mass is 260 g/mol. The van der Waals surface area contributed by atoms with Crippen LogP contribution in [0.3, 0.4) is 0 Å². The van der Waals surface area contributed by atoms with Crippen LogP contribution in [0.2, 0.25) is 0 Å². The summed E-state index contributed by atoms with van der Waals surface area (Å²) in [5.41, 5.74) is 0.908. The molecule has 1 fully saturated rings. The van der Waals surface area contributed by atoms with Gasteiger partial charge in [-0.05, 0) is 33.1 Å². The maximum Gasteiger partial charge on any atom is 0.136 e. The van der Waals surface area contributed by atoms with Crippen molar-refractivity contribution in [1.82, 2.24) is 4.90 Å². The molecule has 0 aromatic heterocycles. The highest BCUT2D eigenvalue weighted by Gasteiger charge is 2.24. The molecule has 1 N–H and O–H groups in total. The first-order chi connectivity index (χ1) is 7.72. The molecule has 0 radical (unpaired) electrons. The molecule has 1 atom stereocenters. The molecule has 0 aliphatic heterocycles. The van der Waals surface area contributed by atoms with E-state index in [1.807, 2.05) is 0 Å². The Balaban J connectivity index is 2.54. The highest BCUT2D eigenvalue weighted by molar-refractivity contribution is 8.23. The van der Waals surface area contributed by atoms with Crippen molar-refractivity contribution in [1.29, 1.82) is 0 Å². The van der Waals surface area contributed by atoms with Gasteiger partial charge in [0.2, 0.25) is 0 Å². The minimum absolute atomic E-state index is 0.284. The van der Waals surface area contributed by atoms with E-state index in [4.69, 9.17) is 17.4 Å². The third-order valence-corrected chi connectivity index (χ3v) is 4.71. The molecule has 1 rings (SSSR count). The average Bonchev–Trinajstić information content (AvgIpc) is 2.31. The molecule has 1 aliphatic rings. The molecule has 1 unspecified atom stereocenters. The Morgan fingerprint density at radius 2 is 2.19 bits per heavy atom. The molecular weight excluding hydrogens is 240 g/mol. The van der Waals surface area contributed by atoms with Gasteiger partial charge in [-0.1, -0.05) is 35.6 Å². The topological polar surface area (TPSA) is 35.8 Å². The van der Waals surface area contributed by atoms with Crippen molar-refractivity contribution in [3.8, 4) is 0 Å². The molecule has 3 nitrogen and oxygen atoms in total. The minimum Gasteiger partial charge on any atom is -0.411 e. The zero-order valence-corrected chi connectivity index (χ0v) is 11.6. The second-order valence-electron chi connectivity index (χ2n) is 3.88. The van der Waals surface area contributed by atoms with Crippen LogP contribution in [-0.2, 0) is 0 Å². The van der Waals surface area contributed by atoms with Gasteiger partial charge in [-0.25, -0.2) is 0 Å². The van der Waals surface area contributed by atoms with E-state index in [0.717, 1.165) is 42.4 Å². The van der Waals surface area contributed by atoms with Crippen LogP contribution in [0.25, 0.3) is 0 Å². The maximum absolute atomic E-state index is 8.95. The number of hydrogen-bond donors (Lipinski definition) is 1. The molecule has 1 aliphatic carbocycles. The number of rotatable bonds is 3. The van der Waals surface area contributed by atoms with Crippen molar-refractivity contribution in [2.75, 3.05) is 13.1 Å². The Morgan fingerprint density at radius 1 is 1.50 bits per heavy atom. The molecule has 0 spiro atoms. The number of oxime groups is 1. The summed E-state index contributed by atoms with van der Waals surface area (Å²) >= 11 is 7.08. The van der Waals surface area contributed by atoms with Crippen LogP contribution in [0, 0.1) is 0 Å². The van der Waals surface area contributed by atoms with Crippen LogP contribution in [0.5, 0.6) is 0 Å². The predicted octanol–water partition coefficient (Wildman–Crippen LogP) is 3.12. The van der Waals surface area contributed by atoms with E-state index in [2.05, 4.69) is 23.9 Å². The predicted molar refractivity (Wildman–Crippen MR) is 74.6 cm³/mol. The van der Waals surface area contributed by atoms with Gasteiger partial charge in [0.1, 0.15) is 4.32 Å². The second kappa shape index (κ2) is 7.12. The minimum atomic E-state index is 0.284. The summed E-state index contributed by atoms with van der Waals surface area (Å²) in [4.78, 5) is 2.17.